The zero-order valence-electron chi connectivity index (χ0n) is 10.3. The molecule has 5 heteroatoms. The van der Waals surface area contributed by atoms with Crippen LogP contribution in [0, 0.1) is 0 Å². The van der Waals surface area contributed by atoms with Gasteiger partial charge in [-0.2, -0.15) is 5.10 Å². The van der Waals surface area contributed by atoms with Gasteiger partial charge in [-0.3, -0.25) is 9.48 Å². The van der Waals surface area contributed by atoms with Gasteiger partial charge < -0.3 is 10.4 Å². The lowest BCUT2D eigenvalue weighted by Crippen LogP contribution is -2.25. The molecule has 18 heavy (non-hydrogen) atoms. The van der Waals surface area contributed by atoms with Crippen molar-refractivity contribution in [2.24, 2.45) is 7.05 Å². The van der Waals surface area contributed by atoms with Gasteiger partial charge in [-0.1, -0.05) is 12.1 Å². The summed E-state index contributed by atoms with van der Waals surface area (Å²) in [5, 5.41) is 15.8. The summed E-state index contributed by atoms with van der Waals surface area (Å²) in [6.45, 7) is 1.61. The minimum Gasteiger partial charge on any atom is -0.480 e. The largest absolute Gasteiger partial charge is 0.480 e. The van der Waals surface area contributed by atoms with Gasteiger partial charge in [0.2, 0.25) is 0 Å². The van der Waals surface area contributed by atoms with E-state index in [1.54, 1.807) is 17.8 Å². The van der Waals surface area contributed by atoms with Crippen molar-refractivity contribution in [3.8, 4) is 11.3 Å². The first-order valence-corrected chi connectivity index (χ1v) is 5.65. The Balaban J connectivity index is 2.16. The van der Waals surface area contributed by atoms with E-state index in [4.69, 9.17) is 5.11 Å². The highest BCUT2D eigenvalue weighted by Gasteiger charge is 2.10. The fourth-order valence-electron chi connectivity index (χ4n) is 1.71. The van der Waals surface area contributed by atoms with Crippen molar-refractivity contribution in [3.63, 3.8) is 0 Å². The molecule has 0 fully saturated rings. The maximum absolute atomic E-state index is 10.7. The Morgan fingerprint density at radius 3 is 2.50 bits per heavy atom. The van der Waals surface area contributed by atoms with Crippen molar-refractivity contribution in [1.82, 2.24) is 9.78 Å². The summed E-state index contributed by atoms with van der Waals surface area (Å²) in [7, 11) is 1.88. The highest BCUT2D eigenvalue weighted by molar-refractivity contribution is 5.77. The molecule has 0 saturated carbocycles. The third kappa shape index (κ3) is 2.51. The Bertz CT molecular complexity index is 546. The molecule has 2 rings (SSSR count). The lowest BCUT2D eigenvalue weighted by atomic mass is 10.1. The number of nitrogens with one attached hydrogen (secondary N) is 1. The molecule has 0 saturated heterocycles. The maximum atomic E-state index is 10.7. The van der Waals surface area contributed by atoms with Gasteiger partial charge >= 0.3 is 5.97 Å². The summed E-state index contributed by atoms with van der Waals surface area (Å²) in [6.07, 6.45) is 1.74. The van der Waals surface area contributed by atoms with Crippen molar-refractivity contribution in [1.29, 1.82) is 0 Å². The van der Waals surface area contributed by atoms with Crippen molar-refractivity contribution < 1.29 is 9.90 Å². The second-order valence-electron chi connectivity index (χ2n) is 4.12. The normalized spacial score (nSPS) is 12.1. The van der Waals surface area contributed by atoms with Crippen LogP contribution in [-0.2, 0) is 11.8 Å². The molecule has 0 aliphatic heterocycles. The number of nitrogens with zero attached hydrogens (tertiary/aromatic N) is 2. The SMILES string of the molecule is CC(Nc1ccc(-c2ccnn2C)cc1)C(=O)O. The Labute approximate surface area is 105 Å². The number of rotatable bonds is 4. The number of hydrogen-bond donors (Lipinski definition) is 2. The van der Waals surface area contributed by atoms with E-state index in [1.807, 2.05) is 37.4 Å². The highest BCUT2D eigenvalue weighted by Crippen LogP contribution is 2.20. The van der Waals surface area contributed by atoms with Crippen LogP contribution in [0.25, 0.3) is 11.3 Å². The maximum Gasteiger partial charge on any atom is 0.325 e. The molecule has 1 atom stereocenters. The monoisotopic (exact) mass is 245 g/mol. The van der Waals surface area contributed by atoms with E-state index < -0.39 is 12.0 Å². The van der Waals surface area contributed by atoms with Gasteiger partial charge in [0.05, 0.1) is 5.69 Å². The van der Waals surface area contributed by atoms with Crippen LogP contribution in [0.1, 0.15) is 6.92 Å². The number of carboxylic acids is 1. The van der Waals surface area contributed by atoms with Crippen LogP contribution < -0.4 is 5.32 Å². The molecule has 5 nitrogen and oxygen atoms in total. The summed E-state index contributed by atoms with van der Waals surface area (Å²) >= 11 is 0. The van der Waals surface area contributed by atoms with Crippen LogP contribution in [0.2, 0.25) is 0 Å². The summed E-state index contributed by atoms with van der Waals surface area (Å²) in [5.74, 6) is -0.870. The Kier molecular flexibility index (Phi) is 3.32. The van der Waals surface area contributed by atoms with Crippen LogP contribution in [-0.4, -0.2) is 26.9 Å². The second-order valence-corrected chi connectivity index (χ2v) is 4.12. The van der Waals surface area contributed by atoms with Gasteiger partial charge in [-0.15, -0.1) is 0 Å². The topological polar surface area (TPSA) is 67.2 Å². The van der Waals surface area contributed by atoms with Crippen LogP contribution >= 0.6 is 0 Å². The molecule has 2 N–H and O–H groups in total. The van der Waals surface area contributed by atoms with Crippen molar-refractivity contribution in [3.05, 3.63) is 36.5 Å². The molecule has 0 radical (unpaired) electrons. The third-order valence-corrected chi connectivity index (χ3v) is 2.76. The fourth-order valence-corrected chi connectivity index (χ4v) is 1.71. The average Bonchev–Trinajstić information content (AvgIpc) is 2.76. The summed E-state index contributed by atoms with van der Waals surface area (Å²) in [4.78, 5) is 10.7. The number of carboxylic acid groups (broad SMARTS) is 1. The third-order valence-electron chi connectivity index (χ3n) is 2.76. The standard InChI is InChI=1S/C13H15N3O2/c1-9(13(17)18)15-11-5-3-10(4-6-11)12-7-8-14-16(12)2/h3-9,15H,1-2H3,(H,17,18). The van der Waals surface area contributed by atoms with Gasteiger partial charge in [-0.05, 0) is 30.7 Å². The van der Waals surface area contributed by atoms with E-state index in [-0.39, 0.29) is 0 Å². The molecule has 0 amide bonds. The number of carbonyl (C=O) groups is 1. The minimum absolute atomic E-state index is 0.604. The summed E-state index contributed by atoms with van der Waals surface area (Å²) in [5.41, 5.74) is 2.85. The van der Waals surface area contributed by atoms with Crippen molar-refractivity contribution >= 4 is 11.7 Å². The lowest BCUT2D eigenvalue weighted by molar-refractivity contribution is -0.137. The van der Waals surface area contributed by atoms with E-state index in [2.05, 4.69) is 10.4 Å². The molecule has 1 aromatic heterocycles. The smallest absolute Gasteiger partial charge is 0.325 e. The first-order valence-electron chi connectivity index (χ1n) is 5.65. The van der Waals surface area contributed by atoms with Crippen LogP contribution in [0.4, 0.5) is 5.69 Å². The minimum atomic E-state index is -0.870. The lowest BCUT2D eigenvalue weighted by Gasteiger charge is -2.11. The zero-order chi connectivity index (χ0) is 13.1. The second kappa shape index (κ2) is 4.91. The van der Waals surface area contributed by atoms with Crippen LogP contribution in [0.15, 0.2) is 36.5 Å². The molecule has 94 valence electrons. The number of anilines is 1. The van der Waals surface area contributed by atoms with Crippen LogP contribution in [0.5, 0.6) is 0 Å². The van der Waals surface area contributed by atoms with E-state index >= 15 is 0 Å². The highest BCUT2D eigenvalue weighted by atomic mass is 16.4. The Morgan fingerprint density at radius 2 is 2.00 bits per heavy atom. The van der Waals surface area contributed by atoms with E-state index in [1.165, 1.54) is 0 Å². The molecule has 0 aliphatic carbocycles. The number of aryl methyl sites for hydroxylation is 1. The first-order chi connectivity index (χ1) is 8.58. The zero-order valence-corrected chi connectivity index (χ0v) is 10.3. The molecule has 1 aromatic carbocycles. The number of aromatic nitrogens is 2. The summed E-state index contributed by atoms with van der Waals surface area (Å²) in [6, 6.07) is 8.93. The molecule has 0 bridgehead atoms. The molecular weight excluding hydrogens is 230 g/mol. The molecular formula is C13H15N3O2. The van der Waals surface area contributed by atoms with Crippen molar-refractivity contribution in [2.45, 2.75) is 13.0 Å². The Hall–Kier alpha value is -2.30. The number of benzene rings is 1. The van der Waals surface area contributed by atoms with E-state index in [9.17, 15) is 4.79 Å². The predicted molar refractivity (Wildman–Crippen MR) is 69.4 cm³/mol. The summed E-state index contributed by atoms with van der Waals surface area (Å²) < 4.78 is 1.79. The average molecular weight is 245 g/mol. The predicted octanol–water partition coefficient (Wildman–Crippen LogP) is 1.97. The molecule has 0 spiro atoms. The van der Waals surface area contributed by atoms with Gasteiger partial charge in [0.15, 0.2) is 0 Å². The van der Waals surface area contributed by atoms with Gasteiger partial charge in [0, 0.05) is 18.9 Å². The van der Waals surface area contributed by atoms with Gasteiger partial charge in [0.25, 0.3) is 0 Å². The fraction of sp³-hybridized carbons (Fsp3) is 0.231. The molecule has 0 aliphatic rings. The van der Waals surface area contributed by atoms with Crippen molar-refractivity contribution in [2.75, 3.05) is 5.32 Å². The van der Waals surface area contributed by atoms with Gasteiger partial charge in [-0.25, -0.2) is 0 Å². The molecule has 1 unspecified atom stereocenters. The number of aliphatic carboxylic acids is 1. The quantitative estimate of drug-likeness (QED) is 0.864. The van der Waals surface area contributed by atoms with Crippen LogP contribution in [0.3, 0.4) is 0 Å². The van der Waals surface area contributed by atoms with E-state index in [0.717, 1.165) is 16.9 Å². The number of hydrogen-bond acceptors (Lipinski definition) is 3. The molecule has 1 heterocycles. The Morgan fingerprint density at radius 1 is 1.33 bits per heavy atom. The van der Waals surface area contributed by atoms with Gasteiger partial charge in [0.1, 0.15) is 6.04 Å². The first kappa shape index (κ1) is 12.2. The van der Waals surface area contributed by atoms with E-state index in [0.29, 0.717) is 0 Å². The molecule has 2 aromatic rings.